The van der Waals surface area contributed by atoms with Gasteiger partial charge < -0.3 is 9.88 Å². The molecule has 1 saturated carbocycles. The van der Waals surface area contributed by atoms with E-state index < -0.39 is 10.0 Å². The molecule has 1 aliphatic heterocycles. The number of aromatic amines is 1. The van der Waals surface area contributed by atoms with Crippen LogP contribution in [-0.4, -0.2) is 57.8 Å². The summed E-state index contributed by atoms with van der Waals surface area (Å²) in [7, 11) is -3.53. The molecule has 4 heterocycles. The van der Waals surface area contributed by atoms with E-state index >= 15 is 0 Å². The molecule has 2 aliphatic rings. The molecule has 0 unspecified atom stereocenters. The van der Waals surface area contributed by atoms with Crippen LogP contribution in [0.4, 0.5) is 5.82 Å². The number of hydrogen-bond donors (Lipinski definition) is 2. The van der Waals surface area contributed by atoms with Gasteiger partial charge in [-0.05, 0) is 25.0 Å². The second-order valence-electron chi connectivity index (χ2n) is 7.19. The summed E-state index contributed by atoms with van der Waals surface area (Å²) in [6.07, 6.45) is 6.18. The Hall–Kier alpha value is -2.53. The van der Waals surface area contributed by atoms with Gasteiger partial charge in [0.1, 0.15) is 5.82 Å². The molecule has 0 atom stereocenters. The van der Waals surface area contributed by atoms with Crippen molar-refractivity contribution in [2.24, 2.45) is 5.92 Å². The SMILES string of the molecule is O=S(=O)(NCC1CN(c2ccc3nnc(C4CCC4)n3n2)C1)c1cnc[nH]1. The highest BCUT2D eigenvalue weighted by atomic mass is 32.2. The topological polar surface area (TPSA) is 121 Å². The number of rotatable bonds is 6. The number of hydrogen-bond acceptors (Lipinski definition) is 7. The molecule has 10 nitrogen and oxygen atoms in total. The minimum Gasteiger partial charge on any atom is -0.354 e. The molecule has 142 valence electrons. The lowest BCUT2D eigenvalue weighted by molar-refractivity contribution is 0.390. The van der Waals surface area contributed by atoms with Crippen molar-refractivity contribution < 1.29 is 8.42 Å². The molecular formula is C16H20N8O2S. The van der Waals surface area contributed by atoms with Gasteiger partial charge in [-0.15, -0.1) is 15.3 Å². The van der Waals surface area contributed by atoms with Crippen LogP contribution in [0.5, 0.6) is 0 Å². The van der Waals surface area contributed by atoms with Crippen molar-refractivity contribution in [2.45, 2.75) is 30.2 Å². The maximum atomic E-state index is 12.1. The van der Waals surface area contributed by atoms with Gasteiger partial charge in [0.25, 0.3) is 10.0 Å². The van der Waals surface area contributed by atoms with E-state index in [0.29, 0.717) is 12.5 Å². The lowest BCUT2D eigenvalue weighted by Gasteiger charge is -2.40. The van der Waals surface area contributed by atoms with Gasteiger partial charge in [0, 0.05) is 31.5 Å². The highest BCUT2D eigenvalue weighted by Gasteiger charge is 2.31. The van der Waals surface area contributed by atoms with E-state index in [4.69, 9.17) is 5.10 Å². The average Bonchev–Trinajstić information content (AvgIpc) is 3.22. The standard InChI is InChI=1S/C16H20N8O2S/c25-27(26,15-7-17-10-18-15)19-6-11-8-23(9-11)14-5-4-13-20-21-16(24(13)22-14)12-2-1-3-12/h4-5,7,10-12,19H,1-3,6,8-9H2,(H,17,18). The van der Waals surface area contributed by atoms with Gasteiger partial charge in [0.05, 0.1) is 12.5 Å². The second kappa shape index (κ2) is 6.27. The Bertz CT molecular complexity index is 1050. The number of aromatic nitrogens is 6. The van der Waals surface area contributed by atoms with E-state index in [-0.39, 0.29) is 10.9 Å². The second-order valence-corrected chi connectivity index (χ2v) is 8.92. The monoisotopic (exact) mass is 388 g/mol. The molecule has 0 aromatic carbocycles. The summed E-state index contributed by atoms with van der Waals surface area (Å²) in [5, 5.41) is 13.3. The zero-order valence-electron chi connectivity index (χ0n) is 14.6. The molecule has 11 heteroatoms. The zero-order valence-corrected chi connectivity index (χ0v) is 15.4. The molecule has 27 heavy (non-hydrogen) atoms. The predicted molar refractivity (Wildman–Crippen MR) is 96.9 cm³/mol. The van der Waals surface area contributed by atoms with E-state index in [1.165, 1.54) is 18.9 Å². The molecule has 3 aromatic rings. The number of imidazole rings is 1. The Labute approximate surface area is 156 Å². The van der Waals surface area contributed by atoms with Gasteiger partial charge in [-0.2, -0.15) is 4.52 Å². The molecule has 1 aliphatic carbocycles. The first kappa shape index (κ1) is 16.6. The van der Waals surface area contributed by atoms with Crippen molar-refractivity contribution in [1.82, 2.24) is 34.5 Å². The molecule has 0 spiro atoms. The fourth-order valence-corrected chi connectivity index (χ4v) is 4.49. The van der Waals surface area contributed by atoms with Crippen molar-refractivity contribution in [3.8, 4) is 0 Å². The number of fused-ring (bicyclic) bond motifs is 1. The predicted octanol–water partition coefficient (Wildman–Crippen LogP) is 0.530. The van der Waals surface area contributed by atoms with Crippen LogP contribution in [0.15, 0.2) is 29.7 Å². The fourth-order valence-electron chi connectivity index (χ4n) is 3.47. The van der Waals surface area contributed by atoms with Crippen LogP contribution in [0.25, 0.3) is 5.65 Å². The average molecular weight is 388 g/mol. The minimum absolute atomic E-state index is 0.0851. The summed E-state index contributed by atoms with van der Waals surface area (Å²) in [6, 6.07) is 3.88. The first-order valence-corrected chi connectivity index (χ1v) is 10.5. The molecule has 0 amide bonds. The number of nitrogens with one attached hydrogen (secondary N) is 2. The smallest absolute Gasteiger partial charge is 0.257 e. The van der Waals surface area contributed by atoms with Gasteiger partial charge in [-0.1, -0.05) is 6.42 Å². The molecule has 2 N–H and O–H groups in total. The van der Waals surface area contributed by atoms with Gasteiger partial charge in [-0.25, -0.2) is 18.1 Å². The normalized spacial score (nSPS) is 18.6. The summed E-state index contributed by atoms with van der Waals surface area (Å²) in [5.41, 5.74) is 0.769. The molecule has 3 aromatic heterocycles. The van der Waals surface area contributed by atoms with Crippen LogP contribution in [-0.2, 0) is 10.0 Å². The van der Waals surface area contributed by atoms with Crippen LogP contribution in [0.1, 0.15) is 31.0 Å². The number of anilines is 1. The zero-order chi connectivity index (χ0) is 18.4. The first-order chi connectivity index (χ1) is 13.1. The Morgan fingerprint density at radius 1 is 1.22 bits per heavy atom. The fraction of sp³-hybridized carbons (Fsp3) is 0.500. The molecule has 1 saturated heterocycles. The number of nitrogens with zero attached hydrogens (tertiary/aromatic N) is 6. The summed E-state index contributed by atoms with van der Waals surface area (Å²) in [5.74, 6) is 2.52. The number of sulfonamides is 1. The highest BCUT2D eigenvalue weighted by molar-refractivity contribution is 7.89. The Balaban J connectivity index is 1.23. The Morgan fingerprint density at radius 2 is 2.07 bits per heavy atom. The third-order valence-corrected chi connectivity index (χ3v) is 6.70. The molecule has 2 fully saturated rings. The van der Waals surface area contributed by atoms with E-state index in [0.717, 1.165) is 43.2 Å². The van der Waals surface area contributed by atoms with E-state index in [2.05, 4.69) is 29.8 Å². The van der Waals surface area contributed by atoms with Crippen molar-refractivity contribution in [1.29, 1.82) is 0 Å². The first-order valence-electron chi connectivity index (χ1n) is 9.05. The summed E-state index contributed by atoms with van der Waals surface area (Å²) < 4.78 is 28.7. The third-order valence-electron chi connectivity index (χ3n) is 5.35. The summed E-state index contributed by atoms with van der Waals surface area (Å²) in [4.78, 5) is 8.50. The van der Waals surface area contributed by atoms with E-state index in [9.17, 15) is 8.42 Å². The van der Waals surface area contributed by atoms with Gasteiger partial charge in [0.2, 0.25) is 0 Å². The third kappa shape index (κ3) is 2.96. The van der Waals surface area contributed by atoms with Crippen LogP contribution >= 0.6 is 0 Å². The lowest BCUT2D eigenvalue weighted by atomic mass is 9.85. The largest absolute Gasteiger partial charge is 0.354 e. The summed E-state index contributed by atoms with van der Waals surface area (Å²) >= 11 is 0. The van der Waals surface area contributed by atoms with Gasteiger partial charge >= 0.3 is 0 Å². The van der Waals surface area contributed by atoms with Gasteiger partial charge in [0.15, 0.2) is 16.5 Å². The number of H-pyrrole nitrogens is 1. The Morgan fingerprint density at radius 3 is 2.78 bits per heavy atom. The molecule has 0 radical (unpaired) electrons. The minimum atomic E-state index is -3.53. The van der Waals surface area contributed by atoms with E-state index in [1.54, 1.807) is 0 Å². The van der Waals surface area contributed by atoms with Crippen LogP contribution in [0, 0.1) is 5.92 Å². The van der Waals surface area contributed by atoms with Crippen LogP contribution in [0.3, 0.4) is 0 Å². The van der Waals surface area contributed by atoms with Gasteiger partial charge in [-0.3, -0.25) is 0 Å². The van der Waals surface area contributed by atoms with Crippen molar-refractivity contribution in [2.75, 3.05) is 24.5 Å². The van der Waals surface area contributed by atoms with Crippen molar-refractivity contribution >= 4 is 21.5 Å². The molecular weight excluding hydrogens is 368 g/mol. The highest BCUT2D eigenvalue weighted by Crippen LogP contribution is 2.35. The summed E-state index contributed by atoms with van der Waals surface area (Å²) in [6.45, 7) is 1.90. The van der Waals surface area contributed by atoms with Crippen LogP contribution in [0.2, 0.25) is 0 Å². The van der Waals surface area contributed by atoms with Crippen molar-refractivity contribution in [3.63, 3.8) is 0 Å². The van der Waals surface area contributed by atoms with Crippen molar-refractivity contribution in [3.05, 3.63) is 30.5 Å². The van der Waals surface area contributed by atoms with Crippen LogP contribution < -0.4 is 9.62 Å². The maximum absolute atomic E-state index is 12.1. The quantitative estimate of drug-likeness (QED) is 0.632. The van der Waals surface area contributed by atoms with E-state index in [1.807, 2.05) is 16.6 Å². The lowest BCUT2D eigenvalue weighted by Crippen LogP contribution is -2.52. The Kier molecular flexibility index (Phi) is 3.86. The maximum Gasteiger partial charge on any atom is 0.257 e. The molecule has 5 rings (SSSR count). The molecule has 0 bridgehead atoms.